The topological polar surface area (TPSA) is 47.3 Å². The Balaban J connectivity index is 2.19. The SMILES string of the molecule is CNc1nc(Cc2ccccc2OC)co1. The lowest BCUT2D eigenvalue weighted by Gasteiger charge is -2.05. The predicted octanol–water partition coefficient (Wildman–Crippen LogP) is 2.32. The molecule has 0 bridgehead atoms. The number of para-hydroxylation sites is 1. The zero-order valence-corrected chi connectivity index (χ0v) is 9.36. The van der Waals surface area contributed by atoms with Crippen LogP contribution in [-0.4, -0.2) is 19.1 Å². The average Bonchev–Trinajstić information content (AvgIpc) is 2.77. The summed E-state index contributed by atoms with van der Waals surface area (Å²) in [6, 6.07) is 8.42. The van der Waals surface area contributed by atoms with Gasteiger partial charge < -0.3 is 14.5 Å². The van der Waals surface area contributed by atoms with Crippen molar-refractivity contribution in [1.82, 2.24) is 4.98 Å². The molecule has 4 heteroatoms. The first kappa shape index (κ1) is 10.5. The van der Waals surface area contributed by atoms with Gasteiger partial charge in [-0.25, -0.2) is 0 Å². The Morgan fingerprint density at radius 2 is 2.19 bits per heavy atom. The molecular formula is C12H14N2O2. The van der Waals surface area contributed by atoms with Gasteiger partial charge in [-0.15, -0.1) is 0 Å². The van der Waals surface area contributed by atoms with E-state index in [9.17, 15) is 0 Å². The molecule has 1 N–H and O–H groups in total. The van der Waals surface area contributed by atoms with Crippen molar-refractivity contribution < 1.29 is 9.15 Å². The van der Waals surface area contributed by atoms with E-state index < -0.39 is 0 Å². The highest BCUT2D eigenvalue weighted by atomic mass is 16.5. The summed E-state index contributed by atoms with van der Waals surface area (Å²) >= 11 is 0. The van der Waals surface area contributed by atoms with Crippen molar-refractivity contribution in [3.63, 3.8) is 0 Å². The number of benzene rings is 1. The second kappa shape index (κ2) is 4.70. The van der Waals surface area contributed by atoms with E-state index >= 15 is 0 Å². The molecule has 0 atom stereocenters. The van der Waals surface area contributed by atoms with Crippen LogP contribution in [0.1, 0.15) is 11.3 Å². The maximum absolute atomic E-state index is 5.28. The Kier molecular flexibility index (Phi) is 3.10. The van der Waals surface area contributed by atoms with Gasteiger partial charge in [-0.3, -0.25) is 0 Å². The number of methoxy groups -OCH3 is 1. The molecule has 0 saturated carbocycles. The predicted molar refractivity (Wildman–Crippen MR) is 61.8 cm³/mol. The number of ether oxygens (including phenoxy) is 1. The molecule has 1 heterocycles. The summed E-state index contributed by atoms with van der Waals surface area (Å²) in [5.74, 6) is 0.872. The van der Waals surface area contributed by atoms with Crippen molar-refractivity contribution in [2.75, 3.05) is 19.5 Å². The number of hydrogen-bond acceptors (Lipinski definition) is 4. The second-order valence-corrected chi connectivity index (χ2v) is 3.38. The normalized spacial score (nSPS) is 10.1. The molecule has 0 amide bonds. The summed E-state index contributed by atoms with van der Waals surface area (Å²) in [5, 5.41) is 2.85. The molecule has 0 fully saturated rings. The van der Waals surface area contributed by atoms with Crippen molar-refractivity contribution in [2.24, 2.45) is 0 Å². The van der Waals surface area contributed by atoms with E-state index in [-0.39, 0.29) is 0 Å². The first-order valence-corrected chi connectivity index (χ1v) is 5.07. The Labute approximate surface area is 94.3 Å². The van der Waals surface area contributed by atoms with Crippen molar-refractivity contribution in [2.45, 2.75) is 6.42 Å². The highest BCUT2D eigenvalue weighted by Crippen LogP contribution is 2.21. The van der Waals surface area contributed by atoms with Crippen LogP contribution in [0.4, 0.5) is 6.01 Å². The quantitative estimate of drug-likeness (QED) is 0.855. The van der Waals surface area contributed by atoms with Crippen molar-refractivity contribution in [3.05, 3.63) is 41.8 Å². The van der Waals surface area contributed by atoms with E-state index in [1.807, 2.05) is 24.3 Å². The summed E-state index contributed by atoms with van der Waals surface area (Å²) in [7, 11) is 3.44. The van der Waals surface area contributed by atoms with E-state index in [1.54, 1.807) is 20.4 Å². The second-order valence-electron chi connectivity index (χ2n) is 3.38. The van der Waals surface area contributed by atoms with Gasteiger partial charge in [0.05, 0.1) is 12.8 Å². The fraction of sp³-hybridized carbons (Fsp3) is 0.250. The minimum absolute atomic E-state index is 0.532. The molecule has 16 heavy (non-hydrogen) atoms. The number of rotatable bonds is 4. The minimum Gasteiger partial charge on any atom is -0.496 e. The van der Waals surface area contributed by atoms with Crippen LogP contribution >= 0.6 is 0 Å². The van der Waals surface area contributed by atoms with Crippen LogP contribution in [0, 0.1) is 0 Å². The fourth-order valence-corrected chi connectivity index (χ4v) is 1.55. The van der Waals surface area contributed by atoms with Crippen molar-refractivity contribution in [3.8, 4) is 5.75 Å². The summed E-state index contributed by atoms with van der Waals surface area (Å²) in [6.45, 7) is 0. The van der Waals surface area contributed by atoms with Crippen LogP contribution in [-0.2, 0) is 6.42 Å². The van der Waals surface area contributed by atoms with Gasteiger partial charge in [-0.2, -0.15) is 4.98 Å². The number of nitrogens with one attached hydrogen (secondary N) is 1. The van der Waals surface area contributed by atoms with Crippen LogP contribution in [0.2, 0.25) is 0 Å². The molecule has 0 aliphatic rings. The van der Waals surface area contributed by atoms with Crippen LogP contribution in [0.25, 0.3) is 0 Å². The molecule has 0 unspecified atom stereocenters. The molecule has 4 nitrogen and oxygen atoms in total. The molecule has 84 valence electrons. The smallest absolute Gasteiger partial charge is 0.294 e. The lowest BCUT2D eigenvalue weighted by molar-refractivity contribution is 0.410. The molecule has 2 rings (SSSR count). The van der Waals surface area contributed by atoms with Gasteiger partial charge in [0.2, 0.25) is 0 Å². The third-order valence-corrected chi connectivity index (χ3v) is 2.33. The van der Waals surface area contributed by atoms with E-state index in [0.29, 0.717) is 12.4 Å². The van der Waals surface area contributed by atoms with Gasteiger partial charge in [0.25, 0.3) is 6.01 Å². The Hall–Kier alpha value is -1.97. The highest BCUT2D eigenvalue weighted by Gasteiger charge is 2.06. The van der Waals surface area contributed by atoms with Gasteiger partial charge >= 0.3 is 0 Å². The van der Waals surface area contributed by atoms with Crippen molar-refractivity contribution in [1.29, 1.82) is 0 Å². The number of aromatic nitrogens is 1. The largest absolute Gasteiger partial charge is 0.496 e. The number of nitrogens with zero attached hydrogens (tertiary/aromatic N) is 1. The highest BCUT2D eigenvalue weighted by molar-refractivity contribution is 5.36. The standard InChI is InChI=1S/C12H14N2O2/c1-13-12-14-10(8-16-12)7-9-5-3-4-6-11(9)15-2/h3-6,8H,7H2,1-2H3,(H,13,14). The molecule has 1 aromatic heterocycles. The van der Waals surface area contributed by atoms with E-state index in [1.165, 1.54) is 0 Å². The fourth-order valence-electron chi connectivity index (χ4n) is 1.55. The van der Waals surface area contributed by atoms with Gasteiger partial charge in [0.15, 0.2) is 0 Å². The maximum atomic E-state index is 5.28. The number of hydrogen-bond donors (Lipinski definition) is 1. The first-order valence-electron chi connectivity index (χ1n) is 5.07. The average molecular weight is 218 g/mol. The van der Waals surface area contributed by atoms with E-state index in [2.05, 4.69) is 10.3 Å². The Bertz CT molecular complexity index is 466. The molecule has 2 aromatic rings. The molecule has 0 aliphatic heterocycles. The van der Waals surface area contributed by atoms with Gasteiger partial charge in [-0.1, -0.05) is 18.2 Å². The van der Waals surface area contributed by atoms with Gasteiger partial charge in [-0.05, 0) is 6.07 Å². The maximum Gasteiger partial charge on any atom is 0.294 e. The van der Waals surface area contributed by atoms with Crippen LogP contribution in [0.15, 0.2) is 34.9 Å². The number of oxazole rings is 1. The van der Waals surface area contributed by atoms with Gasteiger partial charge in [0.1, 0.15) is 12.0 Å². The summed E-state index contributed by atoms with van der Waals surface area (Å²) in [5.41, 5.74) is 1.98. The molecular weight excluding hydrogens is 204 g/mol. The van der Waals surface area contributed by atoms with Gasteiger partial charge in [0, 0.05) is 19.0 Å². The third kappa shape index (κ3) is 2.16. The summed E-state index contributed by atoms with van der Waals surface area (Å²) in [6.07, 6.45) is 2.35. The van der Waals surface area contributed by atoms with Crippen molar-refractivity contribution >= 4 is 6.01 Å². The summed E-state index contributed by atoms with van der Waals surface area (Å²) in [4.78, 5) is 4.27. The zero-order chi connectivity index (χ0) is 11.4. The third-order valence-electron chi connectivity index (χ3n) is 2.33. The molecule has 0 saturated heterocycles. The lowest BCUT2D eigenvalue weighted by atomic mass is 10.1. The lowest BCUT2D eigenvalue weighted by Crippen LogP contribution is -1.94. The monoisotopic (exact) mass is 218 g/mol. The zero-order valence-electron chi connectivity index (χ0n) is 9.36. The van der Waals surface area contributed by atoms with Crippen LogP contribution in [0.5, 0.6) is 5.75 Å². The van der Waals surface area contributed by atoms with Crippen LogP contribution in [0.3, 0.4) is 0 Å². The summed E-state index contributed by atoms with van der Waals surface area (Å²) < 4.78 is 10.5. The first-order chi connectivity index (χ1) is 7.83. The molecule has 0 aliphatic carbocycles. The Morgan fingerprint density at radius 3 is 2.88 bits per heavy atom. The molecule has 0 radical (unpaired) electrons. The van der Waals surface area contributed by atoms with Crippen LogP contribution < -0.4 is 10.1 Å². The number of anilines is 1. The minimum atomic E-state index is 0.532. The molecule has 1 aromatic carbocycles. The molecule has 0 spiro atoms. The van der Waals surface area contributed by atoms with E-state index in [0.717, 1.165) is 17.0 Å². The van der Waals surface area contributed by atoms with E-state index in [4.69, 9.17) is 9.15 Å². The Morgan fingerprint density at radius 1 is 1.38 bits per heavy atom.